The second-order valence-corrected chi connectivity index (χ2v) is 13.3. The number of halogens is 2. The second-order valence-electron chi connectivity index (χ2n) is 12.5. The summed E-state index contributed by atoms with van der Waals surface area (Å²) in [6, 6.07) is 35.4. The summed E-state index contributed by atoms with van der Waals surface area (Å²) in [6.45, 7) is 4.20. The number of nitrogens with one attached hydrogen (secondary N) is 3. The number of nitrogens with zero attached hydrogens (tertiary/aromatic N) is 5. The third kappa shape index (κ3) is 12.9. The molecule has 0 fully saturated rings. The minimum Gasteiger partial charge on any atom is -0.447 e. The number of benzene rings is 4. The number of hydrazine groups is 2. The Labute approximate surface area is 345 Å². The monoisotopic (exact) mass is 824 g/mol. The van der Waals surface area contributed by atoms with Gasteiger partial charge in [-0.15, -0.1) is 0 Å². The van der Waals surface area contributed by atoms with Gasteiger partial charge >= 0.3 is 6.09 Å². The topological polar surface area (TPSA) is 158 Å². The molecule has 0 bridgehead atoms. The van der Waals surface area contributed by atoms with Crippen molar-refractivity contribution in [3.05, 3.63) is 143 Å². The Bertz CT molecular complexity index is 2330. The molecule has 4 aromatic carbocycles. The summed E-state index contributed by atoms with van der Waals surface area (Å²) >= 11 is 12.3. The molecule has 2 aromatic heterocycles. The Kier molecular flexibility index (Phi) is 16.3. The van der Waals surface area contributed by atoms with Gasteiger partial charge in [-0.1, -0.05) is 102 Å². The van der Waals surface area contributed by atoms with Gasteiger partial charge in [-0.05, 0) is 52.9 Å². The predicted octanol–water partition coefficient (Wildman–Crippen LogP) is 7.33. The number of para-hydroxylation sites is 1. The average Bonchev–Trinajstić information content (AvgIpc) is 3.22. The molecular formula is C42H42Cl2N8O6. The summed E-state index contributed by atoms with van der Waals surface area (Å²) in [5, 5.41) is 10.6. The van der Waals surface area contributed by atoms with Gasteiger partial charge in [0.1, 0.15) is 12.4 Å². The number of aromatic nitrogens is 2. The number of hydroxylamine groups is 1. The van der Waals surface area contributed by atoms with Gasteiger partial charge < -0.3 is 4.74 Å². The lowest BCUT2D eigenvalue weighted by Crippen LogP contribution is -2.44. The van der Waals surface area contributed by atoms with Crippen molar-refractivity contribution in [3.63, 3.8) is 0 Å². The number of amides is 4. The standard InChI is InChI=1S/2C21H21ClN4O3/c1-15(27)26(23-14-17-7-2-4-8-18(17)22)12-13-29-21(28)25-20-11-10-16-6-3-5-9-19(16)24-20;1-16(28)25(24-14-19-8-4-5-9-20(19)22)10-11-29-26(15-27)21-12-17-6-2-3-7-18(17)13-23-21/h2-11,23H,12-14H2,1H3,(H,24,25,28);2-9,12-13,15,24H,10-11,14H2,1H3. The largest absolute Gasteiger partial charge is 0.447 e. The van der Waals surface area contributed by atoms with Crippen molar-refractivity contribution < 1.29 is 28.8 Å². The van der Waals surface area contributed by atoms with Crippen LogP contribution in [0, 0.1) is 0 Å². The van der Waals surface area contributed by atoms with Crippen molar-refractivity contribution in [2.24, 2.45) is 0 Å². The van der Waals surface area contributed by atoms with Gasteiger partial charge in [0.15, 0.2) is 5.82 Å². The summed E-state index contributed by atoms with van der Waals surface area (Å²) in [5.74, 6) is 0.394. The zero-order valence-electron chi connectivity index (χ0n) is 31.8. The molecule has 0 saturated carbocycles. The molecule has 6 aromatic rings. The van der Waals surface area contributed by atoms with E-state index in [-0.39, 0.29) is 38.1 Å². The van der Waals surface area contributed by atoms with Crippen LogP contribution in [0.5, 0.6) is 0 Å². The van der Waals surface area contributed by atoms with Gasteiger partial charge in [0.25, 0.3) is 0 Å². The number of rotatable bonds is 16. The second kappa shape index (κ2) is 22.0. The van der Waals surface area contributed by atoms with E-state index in [1.165, 1.54) is 23.9 Å². The molecular weight excluding hydrogens is 783 g/mol. The Hall–Kier alpha value is -6.16. The van der Waals surface area contributed by atoms with Crippen LogP contribution in [0.15, 0.2) is 121 Å². The summed E-state index contributed by atoms with van der Waals surface area (Å²) < 4.78 is 5.16. The lowest BCUT2D eigenvalue weighted by atomic mass is 10.2. The van der Waals surface area contributed by atoms with Gasteiger partial charge in [-0.25, -0.2) is 25.6 Å². The van der Waals surface area contributed by atoms with Crippen LogP contribution in [0.25, 0.3) is 21.7 Å². The Morgan fingerprint density at radius 1 is 0.690 bits per heavy atom. The molecule has 16 heteroatoms. The number of pyridine rings is 2. The van der Waals surface area contributed by atoms with Gasteiger partial charge in [0.05, 0.1) is 25.2 Å². The van der Waals surface area contributed by atoms with Crippen molar-refractivity contribution in [3.8, 4) is 0 Å². The fourth-order valence-electron chi connectivity index (χ4n) is 5.42. The molecule has 2 heterocycles. The van der Waals surface area contributed by atoms with Crippen LogP contribution in [0.4, 0.5) is 16.4 Å². The smallest absolute Gasteiger partial charge is 0.412 e. The van der Waals surface area contributed by atoms with Crippen LogP contribution < -0.4 is 21.2 Å². The Morgan fingerprint density at radius 2 is 1.24 bits per heavy atom. The number of anilines is 2. The van der Waals surface area contributed by atoms with Gasteiger partial charge in [-0.2, -0.15) is 5.06 Å². The quantitative estimate of drug-likeness (QED) is 0.0667. The number of hydrogen-bond acceptors (Lipinski definition) is 10. The number of carbonyl (C=O) groups is 4. The maximum atomic E-state index is 12.0. The minimum absolute atomic E-state index is 0.0223. The van der Waals surface area contributed by atoms with Crippen molar-refractivity contribution >= 4 is 80.8 Å². The normalized spacial score (nSPS) is 10.6. The van der Waals surface area contributed by atoms with Gasteiger partial charge in [0.2, 0.25) is 18.2 Å². The molecule has 0 spiro atoms. The number of ether oxygens (including phenoxy) is 1. The molecule has 0 aliphatic carbocycles. The van der Waals surface area contributed by atoms with Crippen LogP contribution >= 0.6 is 23.2 Å². The molecule has 4 amide bonds. The van der Waals surface area contributed by atoms with E-state index in [1.54, 1.807) is 30.5 Å². The number of hydrogen-bond donors (Lipinski definition) is 3. The highest BCUT2D eigenvalue weighted by molar-refractivity contribution is 6.31. The highest BCUT2D eigenvalue weighted by Crippen LogP contribution is 2.20. The lowest BCUT2D eigenvalue weighted by molar-refractivity contribution is -0.134. The molecule has 0 aliphatic rings. The van der Waals surface area contributed by atoms with Crippen LogP contribution in [0.2, 0.25) is 10.0 Å². The fraction of sp³-hybridized carbons (Fsp3) is 0.190. The summed E-state index contributed by atoms with van der Waals surface area (Å²) in [4.78, 5) is 61.3. The Morgan fingerprint density at radius 3 is 1.84 bits per heavy atom. The Balaban J connectivity index is 0.000000221. The third-order valence-electron chi connectivity index (χ3n) is 8.46. The molecule has 300 valence electrons. The first-order chi connectivity index (χ1) is 28.1. The molecule has 0 saturated heterocycles. The molecule has 0 unspecified atom stereocenters. The van der Waals surface area contributed by atoms with Crippen molar-refractivity contribution in [2.45, 2.75) is 26.9 Å². The van der Waals surface area contributed by atoms with E-state index >= 15 is 0 Å². The minimum atomic E-state index is -0.637. The van der Waals surface area contributed by atoms with Crippen molar-refractivity contribution in [1.82, 2.24) is 30.8 Å². The van der Waals surface area contributed by atoms with E-state index in [0.717, 1.165) is 37.9 Å². The van der Waals surface area contributed by atoms with Crippen molar-refractivity contribution in [2.75, 3.05) is 36.7 Å². The molecule has 6 rings (SSSR count). The zero-order valence-corrected chi connectivity index (χ0v) is 33.3. The van der Waals surface area contributed by atoms with E-state index in [2.05, 4.69) is 26.1 Å². The van der Waals surface area contributed by atoms with E-state index in [9.17, 15) is 19.2 Å². The van der Waals surface area contributed by atoms with E-state index in [4.69, 9.17) is 32.8 Å². The van der Waals surface area contributed by atoms with E-state index in [0.29, 0.717) is 41.2 Å². The van der Waals surface area contributed by atoms with Crippen molar-refractivity contribution in [1.29, 1.82) is 0 Å². The highest BCUT2D eigenvalue weighted by Gasteiger charge is 2.14. The number of carbonyl (C=O) groups excluding carboxylic acids is 4. The first kappa shape index (κ1) is 43.0. The zero-order chi connectivity index (χ0) is 41.3. The van der Waals surface area contributed by atoms with E-state index in [1.807, 2.05) is 91.0 Å². The summed E-state index contributed by atoms with van der Waals surface area (Å²) in [6.07, 6.45) is 1.59. The SMILES string of the molecule is CC(=O)N(CCOC(=O)Nc1ccc2ccccc2n1)NCc1ccccc1Cl.CC(=O)N(CCON(C=O)c1cc2ccccc2cn1)NCc1ccccc1Cl. The van der Waals surface area contributed by atoms with Gasteiger partial charge in [0, 0.05) is 54.0 Å². The average molecular weight is 826 g/mol. The summed E-state index contributed by atoms with van der Waals surface area (Å²) in [5.41, 5.74) is 8.53. The van der Waals surface area contributed by atoms with Crippen LogP contribution in [0.3, 0.4) is 0 Å². The molecule has 14 nitrogen and oxygen atoms in total. The van der Waals surface area contributed by atoms with Crippen LogP contribution in [-0.4, -0.2) is 70.6 Å². The first-order valence-corrected chi connectivity index (χ1v) is 18.9. The first-order valence-electron chi connectivity index (χ1n) is 18.1. The maximum Gasteiger partial charge on any atom is 0.412 e. The van der Waals surface area contributed by atoms with Gasteiger partial charge in [-0.3, -0.25) is 34.6 Å². The van der Waals surface area contributed by atoms with Crippen LogP contribution in [-0.2, 0) is 37.0 Å². The van der Waals surface area contributed by atoms with E-state index < -0.39 is 6.09 Å². The van der Waals surface area contributed by atoms with Crippen LogP contribution in [0.1, 0.15) is 25.0 Å². The molecule has 0 atom stereocenters. The molecule has 3 N–H and O–H groups in total. The number of fused-ring (bicyclic) bond motifs is 2. The predicted molar refractivity (Wildman–Crippen MR) is 224 cm³/mol. The lowest BCUT2D eigenvalue weighted by Gasteiger charge is -2.23. The molecule has 58 heavy (non-hydrogen) atoms. The maximum absolute atomic E-state index is 12.0. The molecule has 0 radical (unpaired) electrons. The third-order valence-corrected chi connectivity index (χ3v) is 9.19. The summed E-state index contributed by atoms with van der Waals surface area (Å²) in [7, 11) is 0. The highest BCUT2D eigenvalue weighted by atomic mass is 35.5. The fourth-order valence-corrected chi connectivity index (χ4v) is 5.82. The molecule has 0 aliphatic heterocycles.